The predicted molar refractivity (Wildman–Crippen MR) is 160 cm³/mol. The highest BCUT2D eigenvalue weighted by atomic mass is 32.2. The smallest absolute Gasteiger partial charge is 0.312 e. The molecule has 238 valence electrons. The number of halogens is 2. The Morgan fingerprint density at radius 2 is 2.07 bits per heavy atom. The third-order valence-electron chi connectivity index (χ3n) is 11.8. The molecule has 2 aromatic heterocycles. The summed E-state index contributed by atoms with van der Waals surface area (Å²) in [6.07, 6.45) is 6.09. The van der Waals surface area contributed by atoms with Crippen LogP contribution in [0.15, 0.2) is 30.1 Å². The Labute approximate surface area is 264 Å². The lowest BCUT2D eigenvalue weighted by atomic mass is 9.44. The molecule has 1 N–H and O–H groups in total. The van der Waals surface area contributed by atoms with Gasteiger partial charge >= 0.3 is 5.97 Å². The number of pyridine rings is 1. The van der Waals surface area contributed by atoms with E-state index in [0.29, 0.717) is 44.4 Å². The van der Waals surface area contributed by atoms with E-state index in [0.717, 1.165) is 28.6 Å². The second-order valence-electron chi connectivity index (χ2n) is 13.7. The molecule has 9 nitrogen and oxygen atoms in total. The first-order chi connectivity index (χ1) is 21.5. The van der Waals surface area contributed by atoms with E-state index in [9.17, 15) is 24.3 Å². The molecular formula is C33H36F2N4O5S. The zero-order chi connectivity index (χ0) is 31.8. The van der Waals surface area contributed by atoms with Crippen LogP contribution in [0.25, 0.3) is 11.8 Å². The second kappa shape index (κ2) is 10.7. The number of ether oxygens (including phenoxy) is 2. The Balaban J connectivity index is 1.25. The monoisotopic (exact) mass is 638 g/mol. The number of fused-ring (bicyclic) bond motifs is 6. The number of allylic oxidation sites excluding steroid dienone is 1. The van der Waals surface area contributed by atoms with Gasteiger partial charge in [-0.3, -0.25) is 9.59 Å². The summed E-state index contributed by atoms with van der Waals surface area (Å²) >= 11 is 0.824. The number of hydrogen-bond acceptors (Lipinski definition) is 9. The molecule has 0 aromatic carbocycles. The van der Waals surface area contributed by atoms with Crippen LogP contribution in [-0.4, -0.2) is 67.3 Å². The van der Waals surface area contributed by atoms with Gasteiger partial charge in [-0.1, -0.05) is 31.2 Å². The van der Waals surface area contributed by atoms with Crippen molar-refractivity contribution >= 4 is 28.9 Å². The fourth-order valence-electron chi connectivity index (χ4n) is 9.48. The molecule has 5 aliphatic rings. The van der Waals surface area contributed by atoms with Gasteiger partial charge in [-0.25, -0.2) is 14.1 Å². The van der Waals surface area contributed by atoms with Crippen LogP contribution >= 0.6 is 11.8 Å². The van der Waals surface area contributed by atoms with E-state index in [1.54, 1.807) is 16.9 Å². The topological polar surface area (TPSA) is 127 Å². The van der Waals surface area contributed by atoms with Crippen molar-refractivity contribution in [2.75, 3.05) is 19.0 Å². The molecule has 0 bridgehead atoms. The highest BCUT2D eigenvalue weighted by Crippen LogP contribution is 2.71. The standard InChI is InChI=1S/C33H36F2N4O5S/c1-30-14-20-16-38-39(22-4-6-27(34)37-17-22)25(20)13-21(30)3-5-24-23-7-9-32(29(42)45-12-10-36,44-28(41)19-8-11-43-18-19)31(23,2)15-26(40)33(24,30)35/h4,6,13,16-17,19,23-24,26,40H,3,5,7-9,11-12,14-15,18H2,1-2H3/t19?,23?,24-,26?,30-,31-,32?,33-/m0/s1. The van der Waals surface area contributed by atoms with Crippen LogP contribution in [0.2, 0.25) is 0 Å². The molecule has 0 amide bonds. The first-order valence-electron chi connectivity index (χ1n) is 15.6. The quantitative estimate of drug-likeness (QED) is 0.365. The molecule has 4 aliphatic carbocycles. The number of carbonyl (C=O) groups excluding carboxylic acids is 2. The summed E-state index contributed by atoms with van der Waals surface area (Å²) in [5, 5.41) is 25.3. The zero-order valence-electron chi connectivity index (χ0n) is 25.3. The minimum atomic E-state index is -2.01. The van der Waals surface area contributed by atoms with Crippen molar-refractivity contribution in [1.29, 1.82) is 5.26 Å². The number of hydrogen-bond donors (Lipinski definition) is 1. The molecule has 0 radical (unpaired) electrons. The molecule has 1 aliphatic heterocycles. The largest absolute Gasteiger partial charge is 0.449 e. The van der Waals surface area contributed by atoms with Gasteiger partial charge in [0.25, 0.3) is 0 Å². The Morgan fingerprint density at radius 3 is 2.78 bits per heavy atom. The van der Waals surface area contributed by atoms with Crippen molar-refractivity contribution in [2.45, 2.75) is 76.2 Å². The van der Waals surface area contributed by atoms with Crippen molar-refractivity contribution in [3.63, 3.8) is 0 Å². The first-order valence-corrected chi connectivity index (χ1v) is 16.6. The van der Waals surface area contributed by atoms with Crippen molar-refractivity contribution in [1.82, 2.24) is 14.8 Å². The lowest BCUT2D eigenvalue weighted by molar-refractivity contribution is -0.229. The normalized spacial score (nSPS) is 38.3. The van der Waals surface area contributed by atoms with Gasteiger partial charge in [0.15, 0.2) is 5.60 Å². The lowest BCUT2D eigenvalue weighted by Crippen LogP contribution is -2.70. The number of nitriles is 1. The summed E-state index contributed by atoms with van der Waals surface area (Å²) in [6, 6.07) is 4.85. The number of nitrogens with zero attached hydrogens (tertiary/aromatic N) is 4. The van der Waals surface area contributed by atoms with Gasteiger partial charge < -0.3 is 14.6 Å². The molecule has 45 heavy (non-hydrogen) atoms. The Morgan fingerprint density at radius 1 is 1.24 bits per heavy atom. The van der Waals surface area contributed by atoms with Crippen LogP contribution in [0.1, 0.15) is 63.6 Å². The Hall–Kier alpha value is -3.14. The third kappa shape index (κ3) is 4.22. The summed E-state index contributed by atoms with van der Waals surface area (Å²) in [5.74, 6) is -2.61. The lowest BCUT2D eigenvalue weighted by Gasteiger charge is -2.63. The number of esters is 1. The minimum Gasteiger partial charge on any atom is -0.449 e. The number of alkyl halides is 1. The number of aromatic nitrogens is 3. The maximum Gasteiger partial charge on any atom is 0.312 e. The van der Waals surface area contributed by atoms with E-state index in [2.05, 4.69) is 10.1 Å². The van der Waals surface area contributed by atoms with E-state index in [-0.39, 0.29) is 31.1 Å². The van der Waals surface area contributed by atoms with Crippen molar-refractivity contribution < 1.29 is 33.0 Å². The van der Waals surface area contributed by atoms with Crippen molar-refractivity contribution in [3.05, 3.63) is 47.3 Å². The Bertz CT molecular complexity index is 1620. The van der Waals surface area contributed by atoms with E-state index in [1.165, 1.54) is 12.3 Å². The Kier molecular flexibility index (Phi) is 7.26. The molecule has 4 fully saturated rings. The van der Waals surface area contributed by atoms with Crippen molar-refractivity contribution in [3.8, 4) is 11.8 Å². The van der Waals surface area contributed by atoms with E-state index in [1.807, 2.05) is 26.0 Å². The fraction of sp³-hybridized carbons (Fsp3) is 0.606. The fourth-order valence-corrected chi connectivity index (χ4v) is 10.3. The van der Waals surface area contributed by atoms with Crippen LogP contribution in [0.4, 0.5) is 8.78 Å². The van der Waals surface area contributed by atoms with Crippen LogP contribution in [0, 0.1) is 45.9 Å². The number of rotatable bonds is 5. The maximum absolute atomic E-state index is 18.1. The first kappa shape index (κ1) is 30.5. The molecule has 3 heterocycles. The van der Waals surface area contributed by atoms with Crippen molar-refractivity contribution in [2.24, 2.45) is 28.6 Å². The molecule has 12 heteroatoms. The van der Waals surface area contributed by atoms with Gasteiger partial charge in [0.1, 0.15) is 5.67 Å². The number of carbonyl (C=O) groups is 2. The number of aliphatic hydroxyl groups is 1. The summed E-state index contributed by atoms with van der Waals surface area (Å²) in [6.45, 7) is 4.40. The predicted octanol–water partition coefficient (Wildman–Crippen LogP) is 4.75. The number of thioether (sulfide) groups is 1. The molecule has 4 unspecified atom stereocenters. The summed E-state index contributed by atoms with van der Waals surface area (Å²) in [7, 11) is 0. The molecule has 3 saturated carbocycles. The van der Waals surface area contributed by atoms with E-state index < -0.39 is 57.1 Å². The average Bonchev–Trinajstić information content (AvgIpc) is 3.75. The second-order valence-corrected chi connectivity index (χ2v) is 14.7. The van der Waals surface area contributed by atoms with Crippen LogP contribution < -0.4 is 0 Å². The van der Waals surface area contributed by atoms with Gasteiger partial charge in [-0.05, 0) is 74.6 Å². The zero-order valence-corrected chi connectivity index (χ0v) is 26.1. The maximum atomic E-state index is 18.1. The molecule has 0 spiro atoms. The summed E-state index contributed by atoms with van der Waals surface area (Å²) in [4.78, 5) is 31.1. The molecule has 2 aromatic rings. The van der Waals surface area contributed by atoms with Gasteiger partial charge in [-0.15, -0.1) is 0 Å². The average molecular weight is 639 g/mol. The summed E-state index contributed by atoms with van der Waals surface area (Å²) in [5.41, 5.74) is -2.58. The highest BCUT2D eigenvalue weighted by Gasteiger charge is 2.76. The minimum absolute atomic E-state index is 0.0613. The van der Waals surface area contributed by atoms with Gasteiger partial charge in [0.2, 0.25) is 11.1 Å². The van der Waals surface area contributed by atoms with E-state index >= 15 is 4.39 Å². The van der Waals surface area contributed by atoms with Gasteiger partial charge in [0.05, 0.1) is 54.2 Å². The summed E-state index contributed by atoms with van der Waals surface area (Å²) < 4.78 is 44.9. The number of aliphatic hydroxyl groups excluding tert-OH is 1. The third-order valence-corrected chi connectivity index (χ3v) is 12.7. The molecular weight excluding hydrogens is 602 g/mol. The van der Waals surface area contributed by atoms with Crippen LogP contribution in [-0.2, 0) is 25.5 Å². The van der Waals surface area contributed by atoms with Crippen LogP contribution in [0.5, 0.6) is 0 Å². The van der Waals surface area contributed by atoms with Gasteiger partial charge in [-0.2, -0.15) is 14.8 Å². The molecule has 1 saturated heterocycles. The highest BCUT2D eigenvalue weighted by molar-refractivity contribution is 8.14. The molecule has 8 atom stereocenters. The van der Waals surface area contributed by atoms with E-state index in [4.69, 9.17) is 9.47 Å². The SMILES string of the molecule is C[C@]12CC(O)[C@@]3(F)[C@@H](CCC4=Cc5c(cnn5-c5ccc(F)nc5)C[C@@]43C)C1CCC2(OC(=O)C1CCOC1)C(=O)SCC#N. The molecule has 7 rings (SSSR count). The van der Waals surface area contributed by atoms with Gasteiger partial charge in [0, 0.05) is 23.4 Å². The van der Waals surface area contributed by atoms with Crippen LogP contribution in [0.3, 0.4) is 0 Å².